The second kappa shape index (κ2) is 9.95. The number of thiophene rings is 1. The SMILES string of the molecule is CCOc1cc(C(=O)Nc2c(-c3cccs3)nc3cc(C)ccn23)cc(OCC)c1OCC. The lowest BCUT2D eigenvalue weighted by atomic mass is 10.1. The quantitative estimate of drug-likeness (QED) is 0.337. The van der Waals surface area contributed by atoms with E-state index in [-0.39, 0.29) is 5.91 Å². The number of aromatic nitrogens is 2. The molecule has 3 aromatic heterocycles. The highest BCUT2D eigenvalue weighted by Crippen LogP contribution is 2.40. The monoisotopic (exact) mass is 465 g/mol. The van der Waals surface area contributed by atoms with Gasteiger partial charge in [-0.1, -0.05) is 6.07 Å². The van der Waals surface area contributed by atoms with Crippen LogP contribution in [0.4, 0.5) is 5.82 Å². The van der Waals surface area contributed by atoms with E-state index in [1.165, 1.54) is 0 Å². The van der Waals surface area contributed by atoms with Gasteiger partial charge in [-0.05, 0) is 69.0 Å². The van der Waals surface area contributed by atoms with Crippen LogP contribution in [0.1, 0.15) is 36.7 Å². The number of nitrogens with zero attached hydrogens (tertiary/aromatic N) is 2. The molecule has 4 rings (SSSR count). The van der Waals surface area contributed by atoms with Crippen molar-refractivity contribution in [3.05, 3.63) is 59.1 Å². The molecule has 0 saturated heterocycles. The zero-order chi connectivity index (χ0) is 23.4. The van der Waals surface area contributed by atoms with Crippen molar-refractivity contribution in [3.8, 4) is 27.8 Å². The van der Waals surface area contributed by atoms with Crippen molar-refractivity contribution in [2.24, 2.45) is 0 Å². The molecule has 0 aliphatic heterocycles. The Morgan fingerprint density at radius 2 is 1.73 bits per heavy atom. The molecule has 1 aromatic carbocycles. The van der Waals surface area contributed by atoms with Gasteiger partial charge in [-0.2, -0.15) is 0 Å². The minimum absolute atomic E-state index is 0.292. The number of hydrogen-bond acceptors (Lipinski definition) is 6. The van der Waals surface area contributed by atoms with Crippen LogP contribution >= 0.6 is 11.3 Å². The summed E-state index contributed by atoms with van der Waals surface area (Å²) in [6.45, 7) is 9.01. The maximum absolute atomic E-state index is 13.4. The largest absolute Gasteiger partial charge is 0.490 e. The van der Waals surface area contributed by atoms with Crippen LogP contribution < -0.4 is 19.5 Å². The standard InChI is InChI=1S/C25H27N3O4S/c1-5-30-18-14-17(15-19(31-6-2)23(18)32-7-3)25(29)27-24-22(20-9-8-12-33-20)26-21-13-16(4)10-11-28(21)24/h8-15H,5-7H2,1-4H3,(H,27,29). The Morgan fingerprint density at radius 1 is 1.03 bits per heavy atom. The highest BCUT2D eigenvalue weighted by atomic mass is 32.1. The van der Waals surface area contributed by atoms with Gasteiger partial charge in [0.1, 0.15) is 17.2 Å². The van der Waals surface area contributed by atoms with Gasteiger partial charge < -0.3 is 19.5 Å². The van der Waals surface area contributed by atoms with Crippen LogP contribution in [0.5, 0.6) is 17.2 Å². The molecule has 0 spiro atoms. The zero-order valence-corrected chi connectivity index (χ0v) is 20.0. The van der Waals surface area contributed by atoms with Gasteiger partial charge in [-0.15, -0.1) is 11.3 Å². The lowest BCUT2D eigenvalue weighted by Crippen LogP contribution is -2.15. The molecule has 0 aliphatic carbocycles. The molecule has 0 unspecified atom stereocenters. The first kappa shape index (κ1) is 22.7. The number of aryl methyl sites for hydroxylation is 1. The van der Waals surface area contributed by atoms with Crippen molar-refractivity contribution >= 4 is 28.7 Å². The first-order chi connectivity index (χ1) is 16.0. The number of benzene rings is 1. The second-order valence-electron chi connectivity index (χ2n) is 7.27. The summed E-state index contributed by atoms with van der Waals surface area (Å²) in [4.78, 5) is 19.2. The van der Waals surface area contributed by atoms with Crippen molar-refractivity contribution in [3.63, 3.8) is 0 Å². The van der Waals surface area contributed by atoms with E-state index in [1.807, 2.05) is 67.9 Å². The summed E-state index contributed by atoms with van der Waals surface area (Å²) in [7, 11) is 0. The average molecular weight is 466 g/mol. The highest BCUT2D eigenvalue weighted by Gasteiger charge is 2.22. The Balaban J connectivity index is 1.78. The van der Waals surface area contributed by atoms with Crippen molar-refractivity contribution < 1.29 is 19.0 Å². The van der Waals surface area contributed by atoms with E-state index in [4.69, 9.17) is 19.2 Å². The molecule has 0 aliphatic rings. The number of hydrogen-bond donors (Lipinski definition) is 1. The molecule has 1 N–H and O–H groups in total. The van der Waals surface area contributed by atoms with Gasteiger partial charge in [-0.25, -0.2) is 4.98 Å². The minimum Gasteiger partial charge on any atom is -0.490 e. The van der Waals surface area contributed by atoms with Gasteiger partial charge in [0.25, 0.3) is 5.91 Å². The third-order valence-corrected chi connectivity index (χ3v) is 5.82. The second-order valence-corrected chi connectivity index (χ2v) is 8.22. The van der Waals surface area contributed by atoms with E-state index in [1.54, 1.807) is 23.5 Å². The molecule has 0 bridgehead atoms. The Bertz CT molecular complexity index is 1240. The average Bonchev–Trinajstić information content (AvgIpc) is 3.44. The van der Waals surface area contributed by atoms with Crippen molar-refractivity contribution in [2.75, 3.05) is 25.1 Å². The summed E-state index contributed by atoms with van der Waals surface area (Å²) in [6, 6.07) is 11.3. The van der Waals surface area contributed by atoms with Crippen LogP contribution in [0.25, 0.3) is 16.2 Å². The molecule has 3 heterocycles. The number of imidazole rings is 1. The number of ether oxygens (including phenoxy) is 3. The topological polar surface area (TPSA) is 74.1 Å². The van der Waals surface area contributed by atoms with Gasteiger partial charge in [-0.3, -0.25) is 9.20 Å². The van der Waals surface area contributed by atoms with E-state index in [9.17, 15) is 4.79 Å². The van der Waals surface area contributed by atoms with Crippen LogP contribution in [-0.4, -0.2) is 35.1 Å². The fraction of sp³-hybridized carbons (Fsp3) is 0.280. The van der Waals surface area contributed by atoms with Gasteiger partial charge in [0.15, 0.2) is 11.5 Å². The van der Waals surface area contributed by atoms with Gasteiger partial charge in [0.2, 0.25) is 5.75 Å². The third kappa shape index (κ3) is 4.66. The minimum atomic E-state index is -0.292. The lowest BCUT2D eigenvalue weighted by molar-refractivity contribution is 0.102. The number of rotatable bonds is 9. The molecular weight excluding hydrogens is 438 g/mol. The summed E-state index contributed by atoms with van der Waals surface area (Å²) < 4.78 is 19.2. The third-order valence-electron chi connectivity index (χ3n) is 4.94. The maximum atomic E-state index is 13.4. The smallest absolute Gasteiger partial charge is 0.257 e. The molecule has 1 amide bonds. The number of carbonyl (C=O) groups is 1. The summed E-state index contributed by atoms with van der Waals surface area (Å²) >= 11 is 1.57. The number of amides is 1. The molecule has 33 heavy (non-hydrogen) atoms. The Hall–Kier alpha value is -3.52. The van der Waals surface area contributed by atoms with Crippen LogP contribution in [-0.2, 0) is 0 Å². The van der Waals surface area contributed by atoms with E-state index >= 15 is 0 Å². The van der Waals surface area contributed by atoms with Crippen molar-refractivity contribution in [1.82, 2.24) is 9.38 Å². The van der Waals surface area contributed by atoms with E-state index < -0.39 is 0 Å². The molecule has 0 atom stereocenters. The number of anilines is 1. The molecule has 172 valence electrons. The summed E-state index contributed by atoms with van der Waals surface area (Å²) in [5, 5.41) is 5.06. The predicted molar refractivity (Wildman–Crippen MR) is 131 cm³/mol. The van der Waals surface area contributed by atoms with Crippen LogP contribution in [0.15, 0.2) is 48.0 Å². The van der Waals surface area contributed by atoms with Gasteiger partial charge in [0, 0.05) is 11.8 Å². The summed E-state index contributed by atoms with van der Waals surface area (Å²) in [6.07, 6.45) is 1.92. The number of carbonyl (C=O) groups excluding carboxylic acids is 1. The van der Waals surface area contributed by atoms with E-state index in [2.05, 4.69) is 5.32 Å². The van der Waals surface area contributed by atoms with Crippen LogP contribution in [0.2, 0.25) is 0 Å². The number of pyridine rings is 1. The fourth-order valence-corrected chi connectivity index (χ4v) is 4.27. The van der Waals surface area contributed by atoms with Crippen LogP contribution in [0.3, 0.4) is 0 Å². The first-order valence-electron chi connectivity index (χ1n) is 11.0. The molecule has 4 aromatic rings. The Labute approximate surface area is 196 Å². The zero-order valence-electron chi connectivity index (χ0n) is 19.2. The van der Waals surface area contributed by atoms with Gasteiger partial charge in [0.05, 0.1) is 24.7 Å². The van der Waals surface area contributed by atoms with Crippen molar-refractivity contribution in [2.45, 2.75) is 27.7 Å². The molecule has 0 radical (unpaired) electrons. The number of nitrogens with one attached hydrogen (secondary N) is 1. The molecule has 0 fully saturated rings. The predicted octanol–water partition coefficient (Wildman–Crippen LogP) is 5.82. The molecule has 8 heteroatoms. The Kier molecular flexibility index (Phi) is 6.84. The van der Waals surface area contributed by atoms with E-state index in [0.717, 1.165) is 21.8 Å². The lowest BCUT2D eigenvalue weighted by Gasteiger charge is -2.17. The van der Waals surface area contributed by atoms with Crippen LogP contribution in [0, 0.1) is 6.92 Å². The summed E-state index contributed by atoms with van der Waals surface area (Å²) in [5.74, 6) is 1.77. The fourth-order valence-electron chi connectivity index (χ4n) is 3.55. The highest BCUT2D eigenvalue weighted by molar-refractivity contribution is 7.13. The van der Waals surface area contributed by atoms with Gasteiger partial charge >= 0.3 is 0 Å². The Morgan fingerprint density at radius 3 is 2.33 bits per heavy atom. The maximum Gasteiger partial charge on any atom is 0.257 e. The normalized spacial score (nSPS) is 10.9. The van der Waals surface area contributed by atoms with Crippen molar-refractivity contribution in [1.29, 1.82) is 0 Å². The molecule has 0 saturated carbocycles. The van der Waals surface area contributed by atoms with E-state index in [0.29, 0.717) is 48.5 Å². The first-order valence-corrected chi connectivity index (χ1v) is 11.8. The molecule has 7 nitrogen and oxygen atoms in total. The summed E-state index contributed by atoms with van der Waals surface area (Å²) in [5.41, 5.74) is 3.00. The molecular formula is C25H27N3O4S. The number of fused-ring (bicyclic) bond motifs is 1.